The van der Waals surface area contributed by atoms with E-state index in [1.54, 1.807) is 12.1 Å². The monoisotopic (exact) mass is 430 g/mol. The van der Waals surface area contributed by atoms with Crippen molar-refractivity contribution in [3.8, 4) is 0 Å². The number of carbonyl (C=O) groups excluding carboxylic acids is 1. The Labute approximate surface area is 184 Å². The number of hydrogen-bond acceptors (Lipinski definition) is 2. The second kappa shape index (κ2) is 10.3. The zero-order valence-corrected chi connectivity index (χ0v) is 19.0. The number of piperazine rings is 1. The van der Waals surface area contributed by atoms with E-state index < -0.39 is 0 Å². The maximum Gasteiger partial charge on any atom is 0.225 e. The minimum atomic E-state index is -0.160. The number of nitrogens with zero attached hydrogens (tertiary/aromatic N) is 2. The summed E-state index contributed by atoms with van der Waals surface area (Å²) in [5.74, 6) is 0.430. The summed E-state index contributed by atoms with van der Waals surface area (Å²) in [7, 11) is 0. The minimum absolute atomic E-state index is 0.0906. The first-order chi connectivity index (χ1) is 14.4. The quantitative estimate of drug-likeness (QED) is 0.571. The van der Waals surface area contributed by atoms with Crippen LogP contribution in [0, 0.1) is 17.7 Å². The van der Waals surface area contributed by atoms with Crippen LogP contribution in [0.15, 0.2) is 42.5 Å². The van der Waals surface area contributed by atoms with Crippen LogP contribution in [-0.2, 0) is 17.6 Å². The molecule has 1 aliphatic rings. The van der Waals surface area contributed by atoms with Crippen molar-refractivity contribution in [2.24, 2.45) is 11.8 Å². The van der Waals surface area contributed by atoms with Gasteiger partial charge in [-0.25, -0.2) is 4.39 Å². The van der Waals surface area contributed by atoms with E-state index in [0.717, 1.165) is 29.7 Å². The highest BCUT2D eigenvalue weighted by molar-refractivity contribution is 6.30. The molecule has 2 aromatic carbocycles. The molecule has 3 nitrogen and oxygen atoms in total. The van der Waals surface area contributed by atoms with Gasteiger partial charge in [0.2, 0.25) is 5.91 Å². The topological polar surface area (TPSA) is 23.6 Å². The van der Waals surface area contributed by atoms with Gasteiger partial charge in [-0.1, -0.05) is 63.1 Å². The van der Waals surface area contributed by atoms with Gasteiger partial charge in [-0.2, -0.15) is 0 Å². The van der Waals surface area contributed by atoms with Gasteiger partial charge in [0.25, 0.3) is 0 Å². The number of benzene rings is 2. The van der Waals surface area contributed by atoms with Crippen LogP contribution in [0.4, 0.5) is 10.1 Å². The first kappa shape index (κ1) is 22.6. The molecule has 2 unspecified atom stereocenters. The van der Waals surface area contributed by atoms with E-state index in [4.69, 9.17) is 11.6 Å². The fraction of sp³-hybridized carbons (Fsp3) is 0.480. The molecule has 162 valence electrons. The molecule has 0 bridgehead atoms. The normalized spacial score (nSPS) is 16.4. The van der Waals surface area contributed by atoms with E-state index in [1.165, 1.54) is 0 Å². The number of anilines is 1. The summed E-state index contributed by atoms with van der Waals surface area (Å²) in [5, 5.41) is 0.703. The zero-order chi connectivity index (χ0) is 21.7. The summed E-state index contributed by atoms with van der Waals surface area (Å²) in [6.45, 7) is 8.92. The van der Waals surface area contributed by atoms with Crippen molar-refractivity contribution in [3.05, 3.63) is 64.4 Å². The van der Waals surface area contributed by atoms with Gasteiger partial charge in [-0.05, 0) is 48.1 Å². The maximum absolute atomic E-state index is 14.7. The van der Waals surface area contributed by atoms with Crippen LogP contribution in [0.3, 0.4) is 0 Å². The standard InChI is InChI=1S/C25H32ClFN2O/c1-4-18(2)16-21-6-5-7-23(27)24(21)28-12-14-29(15-13-28)25(30)19(3)17-20-8-10-22(26)11-9-20/h5-11,18-19H,4,12-17H2,1-3H3. The molecule has 1 heterocycles. The number of amides is 1. The third-order valence-corrected chi connectivity index (χ3v) is 6.37. The van der Waals surface area contributed by atoms with Crippen molar-refractivity contribution in [1.82, 2.24) is 4.90 Å². The van der Waals surface area contributed by atoms with Gasteiger partial charge in [0, 0.05) is 37.1 Å². The summed E-state index contributed by atoms with van der Waals surface area (Å²) in [5.41, 5.74) is 2.90. The van der Waals surface area contributed by atoms with Crippen LogP contribution in [0.2, 0.25) is 5.02 Å². The first-order valence-electron chi connectivity index (χ1n) is 10.9. The Balaban J connectivity index is 1.62. The largest absolute Gasteiger partial charge is 0.365 e. The van der Waals surface area contributed by atoms with E-state index in [9.17, 15) is 9.18 Å². The van der Waals surface area contributed by atoms with Crippen LogP contribution in [0.25, 0.3) is 0 Å². The van der Waals surface area contributed by atoms with Crippen molar-refractivity contribution in [1.29, 1.82) is 0 Å². The molecule has 0 saturated carbocycles. The Bertz CT molecular complexity index is 847. The highest BCUT2D eigenvalue weighted by Crippen LogP contribution is 2.29. The Kier molecular flexibility index (Phi) is 7.76. The van der Waals surface area contributed by atoms with E-state index in [2.05, 4.69) is 18.7 Å². The van der Waals surface area contributed by atoms with E-state index in [1.807, 2.05) is 42.2 Å². The first-order valence-corrected chi connectivity index (χ1v) is 11.3. The molecule has 30 heavy (non-hydrogen) atoms. The maximum atomic E-state index is 14.7. The zero-order valence-electron chi connectivity index (χ0n) is 18.2. The second-order valence-electron chi connectivity index (χ2n) is 8.51. The molecule has 2 atom stereocenters. The Hall–Kier alpha value is -2.07. The molecule has 0 aromatic heterocycles. The third-order valence-electron chi connectivity index (χ3n) is 6.12. The molecule has 0 aliphatic carbocycles. The lowest BCUT2D eigenvalue weighted by Gasteiger charge is -2.38. The lowest BCUT2D eigenvalue weighted by molar-refractivity contribution is -0.135. The van der Waals surface area contributed by atoms with Gasteiger partial charge in [0.1, 0.15) is 5.82 Å². The van der Waals surface area contributed by atoms with Crippen LogP contribution < -0.4 is 4.90 Å². The van der Waals surface area contributed by atoms with Crippen molar-refractivity contribution in [2.75, 3.05) is 31.1 Å². The van der Waals surface area contributed by atoms with Gasteiger partial charge in [-0.3, -0.25) is 4.79 Å². The summed E-state index contributed by atoms with van der Waals surface area (Å²) >= 11 is 5.95. The lowest BCUT2D eigenvalue weighted by atomic mass is 9.96. The number of halogens is 2. The molecule has 2 aromatic rings. The molecule has 0 radical (unpaired) electrons. The smallest absolute Gasteiger partial charge is 0.225 e. The van der Waals surface area contributed by atoms with Crippen LogP contribution in [0.1, 0.15) is 38.3 Å². The van der Waals surface area contributed by atoms with E-state index in [0.29, 0.717) is 43.5 Å². The molecular formula is C25H32ClFN2O. The molecule has 5 heteroatoms. The Morgan fingerprint density at radius 1 is 1.03 bits per heavy atom. The van der Waals surface area contributed by atoms with Crippen LogP contribution in [-0.4, -0.2) is 37.0 Å². The summed E-state index contributed by atoms with van der Waals surface area (Å²) in [4.78, 5) is 17.0. The van der Waals surface area contributed by atoms with Crippen LogP contribution >= 0.6 is 11.6 Å². The fourth-order valence-corrected chi connectivity index (χ4v) is 4.25. The number of para-hydroxylation sites is 1. The van der Waals surface area contributed by atoms with Gasteiger partial charge in [0.05, 0.1) is 5.69 Å². The molecule has 0 spiro atoms. The van der Waals surface area contributed by atoms with Gasteiger partial charge < -0.3 is 9.80 Å². The summed E-state index contributed by atoms with van der Waals surface area (Å²) in [6, 6.07) is 13.0. The number of rotatable bonds is 7. The van der Waals surface area contributed by atoms with Crippen molar-refractivity contribution in [2.45, 2.75) is 40.0 Å². The lowest BCUT2D eigenvalue weighted by Crippen LogP contribution is -2.50. The van der Waals surface area contributed by atoms with Gasteiger partial charge in [0.15, 0.2) is 0 Å². The van der Waals surface area contributed by atoms with E-state index >= 15 is 0 Å². The van der Waals surface area contributed by atoms with Crippen molar-refractivity contribution < 1.29 is 9.18 Å². The molecule has 1 fully saturated rings. The predicted molar refractivity (Wildman–Crippen MR) is 123 cm³/mol. The van der Waals surface area contributed by atoms with Gasteiger partial charge >= 0.3 is 0 Å². The number of carbonyl (C=O) groups is 1. The third kappa shape index (κ3) is 5.54. The van der Waals surface area contributed by atoms with Crippen LogP contribution in [0.5, 0.6) is 0 Å². The average Bonchev–Trinajstić information content (AvgIpc) is 2.75. The SMILES string of the molecule is CCC(C)Cc1cccc(F)c1N1CCN(C(=O)C(C)Cc2ccc(Cl)cc2)CC1. The highest BCUT2D eigenvalue weighted by Gasteiger charge is 2.27. The molecule has 1 aliphatic heterocycles. The molecule has 1 amide bonds. The van der Waals surface area contributed by atoms with Gasteiger partial charge in [-0.15, -0.1) is 0 Å². The molecule has 3 rings (SSSR count). The van der Waals surface area contributed by atoms with Crippen molar-refractivity contribution >= 4 is 23.2 Å². The average molecular weight is 431 g/mol. The number of hydrogen-bond donors (Lipinski definition) is 0. The fourth-order valence-electron chi connectivity index (χ4n) is 4.12. The molecule has 1 saturated heterocycles. The molecule has 0 N–H and O–H groups in total. The highest BCUT2D eigenvalue weighted by atomic mass is 35.5. The summed E-state index contributed by atoms with van der Waals surface area (Å²) < 4.78 is 14.7. The summed E-state index contributed by atoms with van der Waals surface area (Å²) in [6.07, 6.45) is 2.65. The predicted octanol–water partition coefficient (Wildman–Crippen LogP) is 5.60. The minimum Gasteiger partial charge on any atom is -0.365 e. The second-order valence-corrected chi connectivity index (χ2v) is 8.95. The Morgan fingerprint density at radius 2 is 1.70 bits per heavy atom. The molecular weight excluding hydrogens is 399 g/mol. The Morgan fingerprint density at radius 3 is 2.33 bits per heavy atom. The van der Waals surface area contributed by atoms with Crippen molar-refractivity contribution in [3.63, 3.8) is 0 Å². The van der Waals surface area contributed by atoms with E-state index in [-0.39, 0.29) is 17.6 Å².